The second-order valence-electron chi connectivity index (χ2n) is 5.25. The highest BCUT2D eigenvalue weighted by Gasteiger charge is 2.09. The first-order valence-corrected chi connectivity index (χ1v) is 7.70. The Morgan fingerprint density at radius 1 is 1.00 bits per heavy atom. The van der Waals surface area contributed by atoms with Crippen molar-refractivity contribution in [2.24, 2.45) is 0 Å². The van der Waals surface area contributed by atoms with Crippen LogP contribution in [-0.4, -0.2) is 26.8 Å². The lowest BCUT2D eigenvalue weighted by molar-refractivity contribution is 0.240. The molecule has 134 valence electrons. The van der Waals surface area contributed by atoms with Crippen LogP contribution in [0, 0.1) is 11.6 Å². The van der Waals surface area contributed by atoms with Crippen LogP contribution in [0.5, 0.6) is 11.5 Å². The summed E-state index contributed by atoms with van der Waals surface area (Å²) in [5.41, 5.74) is 0.788. The molecule has 2 aromatic carbocycles. The van der Waals surface area contributed by atoms with Crippen LogP contribution in [0.4, 0.5) is 13.6 Å². The van der Waals surface area contributed by atoms with Gasteiger partial charge < -0.3 is 20.1 Å². The molecule has 25 heavy (non-hydrogen) atoms. The number of nitrogens with one attached hydrogen (secondary N) is 2. The van der Waals surface area contributed by atoms with E-state index in [1.54, 1.807) is 25.3 Å². The predicted octanol–water partition coefficient (Wildman–Crippen LogP) is 3.02. The number of carbonyl (C=O) groups excluding carboxylic acids is 1. The summed E-state index contributed by atoms with van der Waals surface area (Å²) in [6, 6.07) is 8.56. The summed E-state index contributed by atoms with van der Waals surface area (Å²) in [6.07, 6.45) is 0.0717. The normalized spacial score (nSPS) is 10.2. The van der Waals surface area contributed by atoms with Crippen molar-refractivity contribution in [1.29, 1.82) is 0 Å². The summed E-state index contributed by atoms with van der Waals surface area (Å²) in [6.45, 7) is 0.399. The van der Waals surface area contributed by atoms with E-state index in [1.165, 1.54) is 25.3 Å². The third kappa shape index (κ3) is 5.07. The minimum absolute atomic E-state index is 0.0392. The fourth-order valence-corrected chi connectivity index (χ4v) is 2.31. The molecule has 0 saturated heterocycles. The number of halogens is 2. The van der Waals surface area contributed by atoms with Crippen molar-refractivity contribution in [2.75, 3.05) is 20.8 Å². The zero-order valence-electron chi connectivity index (χ0n) is 14.1. The van der Waals surface area contributed by atoms with Gasteiger partial charge in [-0.3, -0.25) is 0 Å². The van der Waals surface area contributed by atoms with Crippen LogP contribution in [0.25, 0.3) is 0 Å². The maximum absolute atomic E-state index is 13.5. The zero-order chi connectivity index (χ0) is 18.2. The van der Waals surface area contributed by atoms with E-state index < -0.39 is 17.7 Å². The zero-order valence-corrected chi connectivity index (χ0v) is 14.1. The van der Waals surface area contributed by atoms with Crippen LogP contribution in [0.2, 0.25) is 0 Å². The Balaban J connectivity index is 1.81. The molecule has 0 heterocycles. The molecule has 2 rings (SSSR count). The van der Waals surface area contributed by atoms with Gasteiger partial charge in [0.05, 0.1) is 14.2 Å². The highest BCUT2D eigenvalue weighted by molar-refractivity contribution is 5.73. The molecule has 5 nitrogen and oxygen atoms in total. The Labute approximate surface area is 144 Å². The number of amides is 2. The smallest absolute Gasteiger partial charge is 0.315 e. The van der Waals surface area contributed by atoms with Gasteiger partial charge in [-0.05, 0) is 36.2 Å². The molecule has 2 amide bonds. The van der Waals surface area contributed by atoms with Gasteiger partial charge in [-0.15, -0.1) is 0 Å². The highest BCUT2D eigenvalue weighted by atomic mass is 19.1. The maximum atomic E-state index is 13.5. The second kappa shape index (κ2) is 8.86. The van der Waals surface area contributed by atoms with Gasteiger partial charge in [-0.2, -0.15) is 0 Å². The van der Waals surface area contributed by atoms with Crippen LogP contribution in [0.15, 0.2) is 36.4 Å². The molecule has 0 atom stereocenters. The van der Waals surface area contributed by atoms with E-state index in [9.17, 15) is 13.6 Å². The molecule has 0 aliphatic carbocycles. The first-order chi connectivity index (χ1) is 12.0. The Hall–Kier alpha value is -2.83. The average Bonchev–Trinajstić information content (AvgIpc) is 2.62. The fourth-order valence-electron chi connectivity index (χ4n) is 2.31. The van der Waals surface area contributed by atoms with E-state index in [2.05, 4.69) is 10.6 Å². The molecule has 7 heteroatoms. The van der Waals surface area contributed by atoms with Gasteiger partial charge >= 0.3 is 6.03 Å². The van der Waals surface area contributed by atoms with Crippen molar-refractivity contribution in [3.05, 3.63) is 59.2 Å². The van der Waals surface area contributed by atoms with Gasteiger partial charge in [0.15, 0.2) is 11.5 Å². The van der Waals surface area contributed by atoms with Crippen LogP contribution >= 0.6 is 0 Å². The summed E-state index contributed by atoms with van der Waals surface area (Å²) >= 11 is 0. The summed E-state index contributed by atoms with van der Waals surface area (Å²) in [4.78, 5) is 11.8. The second-order valence-corrected chi connectivity index (χ2v) is 5.25. The first kappa shape index (κ1) is 18.5. The van der Waals surface area contributed by atoms with E-state index in [0.717, 1.165) is 5.56 Å². The van der Waals surface area contributed by atoms with Gasteiger partial charge in [-0.1, -0.05) is 12.1 Å². The molecule has 2 N–H and O–H groups in total. The van der Waals surface area contributed by atoms with Gasteiger partial charge in [0.1, 0.15) is 11.6 Å². The molecule has 0 spiro atoms. The van der Waals surface area contributed by atoms with E-state index in [-0.39, 0.29) is 25.1 Å². The highest BCUT2D eigenvalue weighted by Crippen LogP contribution is 2.27. The third-order valence-corrected chi connectivity index (χ3v) is 3.62. The number of carbonyl (C=O) groups is 1. The Kier molecular flexibility index (Phi) is 6.56. The number of methoxy groups -OCH3 is 2. The lowest BCUT2D eigenvalue weighted by atomic mass is 10.1. The Bertz CT molecular complexity index is 718. The molecule has 0 bridgehead atoms. The van der Waals surface area contributed by atoms with Crippen LogP contribution in [0.1, 0.15) is 11.1 Å². The number of ether oxygens (including phenoxy) is 2. The standard InChI is InChI=1S/C18H20F2N2O3/c1-24-16-7-6-12(10-17(16)25-2)11-22-18(23)21-9-8-13-14(19)4-3-5-15(13)20/h3-7,10H,8-9,11H2,1-2H3,(H2,21,22,23). The maximum Gasteiger partial charge on any atom is 0.315 e. The fraction of sp³-hybridized carbons (Fsp3) is 0.278. The van der Waals surface area contributed by atoms with Crippen molar-refractivity contribution < 1.29 is 23.0 Å². The molecular weight excluding hydrogens is 330 g/mol. The van der Waals surface area contributed by atoms with Crippen molar-refractivity contribution in [3.63, 3.8) is 0 Å². The van der Waals surface area contributed by atoms with E-state index in [4.69, 9.17) is 9.47 Å². The molecule has 0 fully saturated rings. The largest absolute Gasteiger partial charge is 0.493 e. The van der Waals surface area contributed by atoms with E-state index in [1.807, 2.05) is 0 Å². The van der Waals surface area contributed by atoms with Crippen molar-refractivity contribution in [3.8, 4) is 11.5 Å². The summed E-state index contributed by atoms with van der Waals surface area (Å²) in [5, 5.41) is 5.24. The molecule has 0 unspecified atom stereocenters. The predicted molar refractivity (Wildman–Crippen MR) is 89.8 cm³/mol. The summed E-state index contributed by atoms with van der Waals surface area (Å²) < 4.78 is 37.3. The summed E-state index contributed by atoms with van der Waals surface area (Å²) in [7, 11) is 3.07. The lowest BCUT2D eigenvalue weighted by Crippen LogP contribution is -2.36. The van der Waals surface area contributed by atoms with Crippen LogP contribution in [0.3, 0.4) is 0 Å². The van der Waals surface area contributed by atoms with Crippen LogP contribution in [-0.2, 0) is 13.0 Å². The Morgan fingerprint density at radius 2 is 1.68 bits per heavy atom. The number of rotatable bonds is 7. The van der Waals surface area contributed by atoms with Crippen molar-refractivity contribution in [2.45, 2.75) is 13.0 Å². The monoisotopic (exact) mass is 350 g/mol. The topological polar surface area (TPSA) is 59.6 Å². The molecule has 0 aliphatic heterocycles. The lowest BCUT2D eigenvalue weighted by Gasteiger charge is -2.11. The molecule has 0 aliphatic rings. The van der Waals surface area contributed by atoms with Crippen LogP contribution < -0.4 is 20.1 Å². The van der Waals surface area contributed by atoms with E-state index >= 15 is 0 Å². The van der Waals surface area contributed by atoms with E-state index in [0.29, 0.717) is 11.5 Å². The molecular formula is C18H20F2N2O3. The van der Waals surface area contributed by atoms with Gasteiger partial charge in [0.2, 0.25) is 0 Å². The molecule has 0 radical (unpaired) electrons. The number of hydrogen-bond donors (Lipinski definition) is 2. The molecule has 2 aromatic rings. The van der Waals surface area contributed by atoms with Gasteiger partial charge in [0.25, 0.3) is 0 Å². The minimum atomic E-state index is -0.618. The first-order valence-electron chi connectivity index (χ1n) is 7.70. The summed E-state index contributed by atoms with van der Waals surface area (Å²) in [5.74, 6) is -0.0695. The van der Waals surface area contributed by atoms with Crippen molar-refractivity contribution >= 4 is 6.03 Å². The van der Waals surface area contributed by atoms with Gasteiger partial charge in [-0.25, -0.2) is 13.6 Å². The van der Waals surface area contributed by atoms with Crippen molar-refractivity contribution in [1.82, 2.24) is 10.6 Å². The third-order valence-electron chi connectivity index (χ3n) is 3.62. The molecule has 0 aromatic heterocycles. The Morgan fingerprint density at radius 3 is 2.32 bits per heavy atom. The SMILES string of the molecule is COc1ccc(CNC(=O)NCCc2c(F)cccc2F)cc1OC. The number of benzene rings is 2. The molecule has 0 saturated carbocycles. The number of hydrogen-bond acceptors (Lipinski definition) is 3. The average molecular weight is 350 g/mol. The van der Waals surface area contributed by atoms with Gasteiger partial charge in [0, 0.05) is 18.7 Å². The quantitative estimate of drug-likeness (QED) is 0.807. The minimum Gasteiger partial charge on any atom is -0.493 e. The number of urea groups is 1.